The number of alkyl halides is 4. The van der Waals surface area contributed by atoms with Crippen LogP contribution in [-0.4, -0.2) is 49.6 Å². The fraction of sp³-hybridized carbons (Fsp3) is 0.517. The van der Waals surface area contributed by atoms with Gasteiger partial charge in [-0.2, -0.15) is 0 Å². The van der Waals surface area contributed by atoms with Gasteiger partial charge >= 0.3 is 192 Å². The average molecular weight is 617 g/mol. The fourth-order valence-corrected chi connectivity index (χ4v) is 13.9. The normalized spacial score (nSPS) is 27.3. The van der Waals surface area contributed by atoms with Gasteiger partial charge in [-0.05, 0) is 6.07 Å². The first-order valence-electron chi connectivity index (χ1n) is 13.5. The van der Waals surface area contributed by atoms with Gasteiger partial charge in [-0.15, -0.1) is 0 Å². The second-order valence-electron chi connectivity index (χ2n) is 11.1. The third-order valence-corrected chi connectivity index (χ3v) is 17.3. The number of piperidine rings is 1. The number of benzene rings is 2. The molecule has 0 bridgehead atoms. The van der Waals surface area contributed by atoms with Gasteiger partial charge in [0.15, 0.2) is 0 Å². The van der Waals surface area contributed by atoms with Crippen LogP contribution in [0, 0.1) is 0 Å². The first-order valence-corrected chi connectivity index (χ1v) is 18.7. The summed E-state index contributed by atoms with van der Waals surface area (Å²) in [6.07, 6.45) is 5.28. The van der Waals surface area contributed by atoms with E-state index in [-0.39, 0.29) is 0 Å². The van der Waals surface area contributed by atoms with Crippen LogP contribution in [-0.2, 0) is 8.74 Å². The SMILES string of the molecule is COc1ccccc1C1CCN(c2nc(C3(F)CC3)nc3ccc(N4CCI(=O)(C5CC5)C4)cc23)CC1. The molecule has 6 nitrogen and oxygen atoms in total. The van der Waals surface area contributed by atoms with Crippen molar-refractivity contribution in [2.24, 2.45) is 0 Å². The van der Waals surface area contributed by atoms with E-state index in [4.69, 9.17) is 9.72 Å². The molecular weight excluding hydrogens is 582 g/mol. The first-order chi connectivity index (χ1) is 18.0. The molecule has 0 N–H and O–H groups in total. The summed E-state index contributed by atoms with van der Waals surface area (Å²) in [6, 6.07) is 14.5. The zero-order valence-electron chi connectivity index (χ0n) is 21.3. The van der Waals surface area contributed by atoms with Gasteiger partial charge in [0.25, 0.3) is 0 Å². The Labute approximate surface area is 221 Å². The molecule has 1 unspecified atom stereocenters. The second kappa shape index (κ2) is 8.85. The van der Waals surface area contributed by atoms with E-state index < -0.39 is 24.1 Å². The number of ether oxygens (including phenoxy) is 1. The Morgan fingerprint density at radius 3 is 2.51 bits per heavy atom. The molecule has 7 rings (SSSR count). The van der Waals surface area contributed by atoms with Crippen LogP contribution in [0.2, 0.25) is 0 Å². The molecule has 37 heavy (non-hydrogen) atoms. The van der Waals surface area contributed by atoms with E-state index >= 15 is 4.39 Å². The van der Waals surface area contributed by atoms with Crippen LogP contribution in [0.4, 0.5) is 15.9 Å². The van der Waals surface area contributed by atoms with Crippen molar-refractivity contribution in [2.75, 3.05) is 45.5 Å². The van der Waals surface area contributed by atoms with Crippen molar-refractivity contribution in [1.82, 2.24) is 9.97 Å². The van der Waals surface area contributed by atoms with Crippen LogP contribution in [0.5, 0.6) is 5.75 Å². The van der Waals surface area contributed by atoms with E-state index in [0.717, 1.165) is 82.5 Å². The predicted molar refractivity (Wildman–Crippen MR) is 154 cm³/mol. The van der Waals surface area contributed by atoms with Crippen molar-refractivity contribution in [1.29, 1.82) is 0 Å². The summed E-state index contributed by atoms with van der Waals surface area (Å²) >= 11 is -2.88. The number of anilines is 2. The quantitative estimate of drug-likeness (QED) is 0.184. The maximum absolute atomic E-state index is 15.2. The minimum atomic E-state index is -2.88. The molecule has 0 spiro atoms. The van der Waals surface area contributed by atoms with Crippen LogP contribution in [0.15, 0.2) is 42.5 Å². The monoisotopic (exact) mass is 616 g/mol. The molecule has 2 saturated carbocycles. The van der Waals surface area contributed by atoms with Crippen molar-refractivity contribution in [2.45, 2.75) is 54.0 Å². The van der Waals surface area contributed by atoms with Gasteiger partial charge in [0.05, 0.1) is 7.11 Å². The minimum absolute atomic E-state index is 0.331. The van der Waals surface area contributed by atoms with Crippen molar-refractivity contribution in [3.05, 3.63) is 53.9 Å². The van der Waals surface area contributed by atoms with E-state index in [0.29, 0.717) is 28.5 Å². The molecule has 1 atom stereocenters. The zero-order chi connectivity index (χ0) is 25.2. The summed E-state index contributed by atoms with van der Waals surface area (Å²) in [5.74, 6) is 2.55. The summed E-state index contributed by atoms with van der Waals surface area (Å²) in [5, 5.41) is 0.975. The molecule has 3 aromatic rings. The Kier molecular flexibility index (Phi) is 5.68. The number of rotatable bonds is 6. The second-order valence-corrected chi connectivity index (χ2v) is 19.2. The molecule has 2 saturated heterocycles. The molecule has 0 amide bonds. The number of para-hydroxylation sites is 1. The molecule has 2 aliphatic heterocycles. The van der Waals surface area contributed by atoms with Crippen molar-refractivity contribution in [3.8, 4) is 5.75 Å². The fourth-order valence-electron chi connectivity index (χ4n) is 6.00. The van der Waals surface area contributed by atoms with E-state index in [1.165, 1.54) is 5.56 Å². The number of halogens is 2. The standard InChI is InChI=1S/C29H34FIN4O2/c1-37-26-5-3-2-4-23(26)20-10-15-34(16-11-20)27-24-18-22(35-17-14-31(36,19-35)21-6-7-21)8-9-25(24)32-28(33-27)29(30)12-13-29/h2-5,8-9,18,20-21H,6-7,10-17,19H2,1H3. The number of fused-ring (bicyclic) bond motifs is 1. The van der Waals surface area contributed by atoms with Crippen molar-refractivity contribution >= 4 is 40.8 Å². The van der Waals surface area contributed by atoms with Gasteiger partial charge < -0.3 is 4.74 Å². The van der Waals surface area contributed by atoms with Crippen LogP contribution >= 0.6 is 18.4 Å². The van der Waals surface area contributed by atoms with Gasteiger partial charge in [-0.1, -0.05) is 12.1 Å². The maximum atomic E-state index is 15.2. The molecular formula is C29H34FIN4O2. The van der Waals surface area contributed by atoms with Crippen LogP contribution in [0.1, 0.15) is 55.8 Å². The first kappa shape index (κ1) is 23.7. The number of nitrogens with zero attached hydrogens (tertiary/aromatic N) is 4. The molecule has 2 aromatic carbocycles. The molecule has 196 valence electrons. The van der Waals surface area contributed by atoms with Crippen molar-refractivity contribution < 1.29 is 12.2 Å². The Morgan fingerprint density at radius 1 is 1.00 bits per heavy atom. The van der Waals surface area contributed by atoms with Crippen LogP contribution in [0.25, 0.3) is 10.9 Å². The van der Waals surface area contributed by atoms with Gasteiger partial charge in [0.1, 0.15) is 0 Å². The van der Waals surface area contributed by atoms with Gasteiger partial charge in [0.2, 0.25) is 0 Å². The van der Waals surface area contributed by atoms with Gasteiger partial charge in [-0.25, -0.2) is 0 Å². The summed E-state index contributed by atoms with van der Waals surface area (Å²) < 4.78 is 36.4. The number of methoxy groups -OCH3 is 1. The summed E-state index contributed by atoms with van der Waals surface area (Å²) in [7, 11) is 1.73. The van der Waals surface area contributed by atoms with Gasteiger partial charge in [-0.3, -0.25) is 0 Å². The molecule has 4 fully saturated rings. The Bertz CT molecular complexity index is 1400. The molecule has 4 aliphatic rings. The van der Waals surface area contributed by atoms with Crippen LogP contribution < -0.4 is 14.5 Å². The Morgan fingerprint density at radius 2 is 1.78 bits per heavy atom. The van der Waals surface area contributed by atoms with Gasteiger partial charge in [0, 0.05) is 0 Å². The molecule has 0 radical (unpaired) electrons. The van der Waals surface area contributed by atoms with E-state index in [1.54, 1.807) is 7.11 Å². The van der Waals surface area contributed by atoms with Crippen LogP contribution in [0.3, 0.4) is 0 Å². The Balaban J connectivity index is 1.21. The molecule has 8 heteroatoms. The summed E-state index contributed by atoms with van der Waals surface area (Å²) in [6.45, 7) is 2.57. The Hall–Kier alpha value is -2.36. The van der Waals surface area contributed by atoms with E-state index in [2.05, 4.69) is 39.0 Å². The topological polar surface area (TPSA) is 58.6 Å². The zero-order valence-corrected chi connectivity index (χ0v) is 23.5. The number of hydrogen-bond donors (Lipinski definition) is 0. The predicted octanol–water partition coefficient (Wildman–Crippen LogP) is 6.31. The van der Waals surface area contributed by atoms with E-state index in [1.807, 2.05) is 18.2 Å². The third-order valence-electron chi connectivity index (χ3n) is 8.58. The average Bonchev–Trinajstić information content (AvgIpc) is 3.88. The van der Waals surface area contributed by atoms with E-state index in [9.17, 15) is 3.07 Å². The molecule has 2 aliphatic carbocycles. The summed E-state index contributed by atoms with van der Waals surface area (Å²) in [4.78, 5) is 14.2. The molecule has 3 heterocycles. The summed E-state index contributed by atoms with van der Waals surface area (Å²) in [5.41, 5.74) is 1.77. The van der Waals surface area contributed by atoms with Crippen molar-refractivity contribution in [3.63, 3.8) is 0 Å². The molecule has 1 aromatic heterocycles. The number of hydrogen-bond acceptors (Lipinski definition) is 6. The third kappa shape index (κ3) is 4.29. The number of aromatic nitrogens is 2.